The van der Waals surface area contributed by atoms with Crippen LogP contribution in [0.2, 0.25) is 0 Å². The van der Waals surface area contributed by atoms with Gasteiger partial charge in [-0.3, -0.25) is 4.79 Å². The minimum Gasteiger partial charge on any atom is -0.490 e. The molecule has 0 bridgehead atoms. The molecule has 23 heavy (non-hydrogen) atoms. The maximum Gasteiger partial charge on any atom is 0.262 e. The molecule has 8 heteroatoms. The molecule has 8 nitrogen and oxygen atoms in total. The first kappa shape index (κ1) is 18.3. The van der Waals surface area contributed by atoms with Gasteiger partial charge in [0.15, 0.2) is 17.6 Å². The molecule has 1 aromatic rings. The van der Waals surface area contributed by atoms with Crippen LogP contribution in [0, 0.1) is 0 Å². The maximum absolute atomic E-state index is 11.9. The summed E-state index contributed by atoms with van der Waals surface area (Å²) in [7, 11) is 3.35. The van der Waals surface area contributed by atoms with E-state index < -0.39 is 6.10 Å². The maximum atomic E-state index is 11.9. The molecule has 0 spiro atoms. The fraction of sp³-hybridized carbons (Fsp3) is 0.400. The highest BCUT2D eigenvalue weighted by Gasteiger charge is 2.18. The third-order valence-corrected chi connectivity index (χ3v) is 2.74. The Morgan fingerprint density at radius 1 is 1.35 bits per heavy atom. The molecule has 1 atom stereocenters. The van der Waals surface area contributed by atoms with Gasteiger partial charge in [-0.25, -0.2) is 0 Å². The number of nitrogens with zero attached hydrogens (tertiary/aromatic N) is 3. The molecule has 0 fully saturated rings. The van der Waals surface area contributed by atoms with Crippen molar-refractivity contribution in [1.29, 1.82) is 0 Å². The fourth-order valence-electron chi connectivity index (χ4n) is 1.74. The van der Waals surface area contributed by atoms with Crippen molar-refractivity contribution >= 4 is 18.1 Å². The molecule has 1 rings (SSSR count). The fourth-order valence-corrected chi connectivity index (χ4v) is 1.74. The quantitative estimate of drug-likeness (QED) is 0.432. The van der Waals surface area contributed by atoms with E-state index >= 15 is 0 Å². The first-order chi connectivity index (χ1) is 10.8. The Morgan fingerprint density at radius 2 is 2.04 bits per heavy atom. The van der Waals surface area contributed by atoms with Crippen LogP contribution >= 0.6 is 0 Å². The highest BCUT2D eigenvalue weighted by molar-refractivity contribution is 5.83. The van der Waals surface area contributed by atoms with Crippen LogP contribution in [-0.2, 0) is 4.79 Å². The second kappa shape index (κ2) is 8.62. The molecular weight excluding hydrogens is 298 g/mol. The lowest BCUT2D eigenvalue weighted by atomic mass is 10.2. The molecule has 4 N–H and O–H groups in total. The molecule has 1 aromatic carbocycles. The van der Waals surface area contributed by atoms with Crippen LogP contribution in [0.4, 0.5) is 0 Å². The minimum atomic E-state index is -0.620. The molecule has 0 saturated heterocycles. The van der Waals surface area contributed by atoms with E-state index in [4.69, 9.17) is 20.9 Å². The monoisotopic (exact) mass is 321 g/mol. The normalized spacial score (nSPS) is 11.8. The zero-order chi connectivity index (χ0) is 17.4. The molecule has 0 saturated carbocycles. The minimum absolute atomic E-state index is 0.123. The summed E-state index contributed by atoms with van der Waals surface area (Å²) in [5.41, 5.74) is 11.1. The zero-order valence-corrected chi connectivity index (χ0v) is 13.8. The first-order valence-electron chi connectivity index (χ1n) is 7.11. The van der Waals surface area contributed by atoms with E-state index in [0.29, 0.717) is 18.1 Å². The van der Waals surface area contributed by atoms with Crippen molar-refractivity contribution in [2.24, 2.45) is 21.7 Å². The number of rotatable bonds is 7. The Labute approximate surface area is 135 Å². The third kappa shape index (κ3) is 5.85. The lowest BCUT2D eigenvalue weighted by molar-refractivity contribution is -0.135. The van der Waals surface area contributed by atoms with Crippen LogP contribution in [0.25, 0.3) is 0 Å². The highest BCUT2D eigenvalue weighted by atomic mass is 16.5. The number of guanidine groups is 1. The summed E-state index contributed by atoms with van der Waals surface area (Å²) in [6.45, 7) is 4.01. The van der Waals surface area contributed by atoms with Crippen molar-refractivity contribution in [2.45, 2.75) is 20.0 Å². The van der Waals surface area contributed by atoms with Gasteiger partial charge in [0.1, 0.15) is 0 Å². The van der Waals surface area contributed by atoms with Crippen molar-refractivity contribution in [3.63, 3.8) is 0 Å². The molecular formula is C15H23N5O3. The predicted octanol–water partition coefficient (Wildman–Crippen LogP) is 0.548. The van der Waals surface area contributed by atoms with E-state index in [0.717, 1.165) is 5.56 Å². The van der Waals surface area contributed by atoms with Crippen molar-refractivity contribution < 1.29 is 14.3 Å². The van der Waals surface area contributed by atoms with E-state index in [1.165, 1.54) is 11.1 Å². The smallest absolute Gasteiger partial charge is 0.262 e. The van der Waals surface area contributed by atoms with Gasteiger partial charge in [-0.2, -0.15) is 5.10 Å². The topological polar surface area (TPSA) is 116 Å². The third-order valence-electron chi connectivity index (χ3n) is 2.74. The first-order valence-corrected chi connectivity index (χ1v) is 7.11. The summed E-state index contributed by atoms with van der Waals surface area (Å²) in [6.07, 6.45) is 0.866. The largest absolute Gasteiger partial charge is 0.490 e. The second-order valence-electron chi connectivity index (χ2n) is 4.90. The number of carbonyl (C=O) groups is 1. The number of nitrogens with two attached hydrogens (primary N) is 2. The van der Waals surface area contributed by atoms with Crippen molar-refractivity contribution in [1.82, 2.24) is 4.90 Å². The summed E-state index contributed by atoms with van der Waals surface area (Å²) in [6, 6.07) is 5.20. The van der Waals surface area contributed by atoms with Gasteiger partial charge in [-0.1, -0.05) is 0 Å². The van der Waals surface area contributed by atoms with Crippen molar-refractivity contribution in [3.8, 4) is 11.5 Å². The number of likely N-dealkylation sites (N-methyl/N-ethyl adjacent to an activating group) is 1. The van der Waals surface area contributed by atoms with Crippen LogP contribution in [0.5, 0.6) is 11.5 Å². The molecule has 1 amide bonds. The molecule has 0 aliphatic rings. The van der Waals surface area contributed by atoms with Gasteiger partial charge in [-0.15, -0.1) is 5.10 Å². The predicted molar refractivity (Wildman–Crippen MR) is 89.8 cm³/mol. The summed E-state index contributed by atoms with van der Waals surface area (Å²) in [5, 5.41) is 7.27. The Balaban J connectivity index is 2.98. The lowest BCUT2D eigenvalue weighted by Gasteiger charge is -2.20. The Hall–Kier alpha value is -2.77. The number of amides is 1. The van der Waals surface area contributed by atoms with Gasteiger partial charge in [0.25, 0.3) is 5.91 Å². The molecule has 0 unspecified atom stereocenters. The van der Waals surface area contributed by atoms with Gasteiger partial charge in [0.05, 0.1) is 12.8 Å². The van der Waals surface area contributed by atoms with Gasteiger partial charge in [0, 0.05) is 14.1 Å². The number of ether oxygens (including phenoxy) is 2. The zero-order valence-electron chi connectivity index (χ0n) is 13.8. The summed E-state index contributed by atoms with van der Waals surface area (Å²) < 4.78 is 11.2. The molecule has 0 aliphatic heterocycles. The standard InChI is InChI=1S/C15H23N5O3/c1-5-22-13-8-11(9-18-19-15(16)17)6-7-12(13)23-10(2)14(21)20(3)4/h6-10H,5H2,1-4H3,(H4,16,17,19)/b18-9+/t10-/m1/s1. The van der Waals surface area contributed by atoms with Crippen molar-refractivity contribution in [3.05, 3.63) is 23.8 Å². The molecule has 126 valence electrons. The van der Waals surface area contributed by atoms with Gasteiger partial charge < -0.3 is 25.8 Å². The Morgan fingerprint density at radius 3 is 2.61 bits per heavy atom. The summed E-state index contributed by atoms with van der Waals surface area (Å²) in [4.78, 5) is 13.4. The van der Waals surface area contributed by atoms with Crippen molar-refractivity contribution in [2.75, 3.05) is 20.7 Å². The van der Waals surface area contributed by atoms with Gasteiger partial charge in [0.2, 0.25) is 5.96 Å². The van der Waals surface area contributed by atoms with Crippen LogP contribution in [0.3, 0.4) is 0 Å². The highest BCUT2D eigenvalue weighted by Crippen LogP contribution is 2.29. The number of carbonyl (C=O) groups excluding carboxylic acids is 1. The van der Waals surface area contributed by atoms with E-state index in [1.807, 2.05) is 6.92 Å². The summed E-state index contributed by atoms with van der Waals surface area (Å²) in [5.74, 6) is 0.737. The van der Waals surface area contributed by atoms with Crippen LogP contribution < -0.4 is 20.9 Å². The Kier molecular flexibility index (Phi) is 6.85. The second-order valence-corrected chi connectivity index (χ2v) is 4.90. The molecule has 0 aromatic heterocycles. The van der Waals surface area contributed by atoms with Crippen LogP contribution in [0.15, 0.2) is 28.4 Å². The van der Waals surface area contributed by atoms with E-state index in [9.17, 15) is 4.79 Å². The molecule has 0 aliphatic carbocycles. The lowest BCUT2D eigenvalue weighted by Crippen LogP contribution is -2.35. The number of hydrogen-bond acceptors (Lipinski definition) is 5. The van der Waals surface area contributed by atoms with Gasteiger partial charge >= 0.3 is 0 Å². The number of hydrogen-bond donors (Lipinski definition) is 2. The molecule has 0 heterocycles. The number of benzene rings is 1. The Bertz CT molecular complexity index is 595. The van der Waals surface area contributed by atoms with E-state index in [-0.39, 0.29) is 11.9 Å². The van der Waals surface area contributed by atoms with E-state index in [2.05, 4.69) is 10.2 Å². The van der Waals surface area contributed by atoms with Crippen LogP contribution in [-0.4, -0.2) is 49.8 Å². The van der Waals surface area contributed by atoms with Crippen LogP contribution in [0.1, 0.15) is 19.4 Å². The average Bonchev–Trinajstić information content (AvgIpc) is 2.48. The average molecular weight is 321 g/mol. The van der Waals surface area contributed by atoms with E-state index in [1.54, 1.807) is 39.2 Å². The SMILES string of the molecule is CCOc1cc(/C=N/N=C(N)N)ccc1O[C@H](C)C(=O)N(C)C. The summed E-state index contributed by atoms with van der Waals surface area (Å²) >= 11 is 0. The molecule has 0 radical (unpaired) electrons. The van der Waals surface area contributed by atoms with Gasteiger partial charge in [-0.05, 0) is 37.6 Å².